The van der Waals surface area contributed by atoms with Crippen molar-refractivity contribution in [2.24, 2.45) is 0 Å². The molecule has 1 aliphatic heterocycles. The number of amides is 1. The first-order valence-electron chi connectivity index (χ1n) is 10.5. The lowest BCUT2D eigenvalue weighted by molar-refractivity contribution is -0.132. The number of hydrogen-bond donors (Lipinski definition) is 1. The standard InChI is InChI=1S/C27H25NO5/c1-16-9-14-22(33-4)21(15-16)25(29)23-24(20-8-6-5-7-17(20)2)28(27(31)26(23)30)18-10-12-19(32-3)13-11-18/h5-15,24,29H,1-4H3/b25-23+. The highest BCUT2D eigenvalue weighted by molar-refractivity contribution is 6.51. The Morgan fingerprint density at radius 3 is 2.24 bits per heavy atom. The van der Waals surface area contributed by atoms with Crippen LogP contribution in [0.2, 0.25) is 0 Å². The average Bonchev–Trinajstić information content (AvgIpc) is 3.09. The molecule has 1 aliphatic rings. The van der Waals surface area contributed by atoms with E-state index in [1.54, 1.807) is 43.5 Å². The second kappa shape index (κ2) is 8.82. The van der Waals surface area contributed by atoms with Crippen LogP contribution < -0.4 is 14.4 Å². The topological polar surface area (TPSA) is 76.1 Å². The summed E-state index contributed by atoms with van der Waals surface area (Å²) >= 11 is 0. The van der Waals surface area contributed by atoms with E-state index in [1.807, 2.05) is 44.2 Å². The zero-order chi connectivity index (χ0) is 23.7. The number of aliphatic hydroxyl groups is 1. The van der Waals surface area contributed by atoms with Crippen LogP contribution in [0.25, 0.3) is 5.76 Å². The van der Waals surface area contributed by atoms with E-state index < -0.39 is 17.7 Å². The Morgan fingerprint density at radius 1 is 0.909 bits per heavy atom. The molecule has 1 heterocycles. The highest BCUT2D eigenvalue weighted by Crippen LogP contribution is 2.44. The molecule has 0 saturated carbocycles. The maximum atomic E-state index is 13.3. The van der Waals surface area contributed by atoms with E-state index in [9.17, 15) is 14.7 Å². The fourth-order valence-corrected chi connectivity index (χ4v) is 4.18. The zero-order valence-electron chi connectivity index (χ0n) is 19.0. The fourth-order valence-electron chi connectivity index (χ4n) is 4.18. The number of aliphatic hydroxyl groups excluding tert-OH is 1. The van der Waals surface area contributed by atoms with Crippen molar-refractivity contribution in [1.29, 1.82) is 0 Å². The largest absolute Gasteiger partial charge is 0.507 e. The molecular weight excluding hydrogens is 418 g/mol. The maximum absolute atomic E-state index is 13.3. The van der Waals surface area contributed by atoms with Crippen molar-refractivity contribution < 1.29 is 24.2 Å². The summed E-state index contributed by atoms with van der Waals surface area (Å²) in [5.41, 5.74) is 3.44. The summed E-state index contributed by atoms with van der Waals surface area (Å²) in [5, 5.41) is 11.4. The molecule has 0 aromatic heterocycles. The van der Waals surface area contributed by atoms with Crippen molar-refractivity contribution in [2.75, 3.05) is 19.1 Å². The van der Waals surface area contributed by atoms with Crippen molar-refractivity contribution in [1.82, 2.24) is 0 Å². The van der Waals surface area contributed by atoms with Crippen molar-refractivity contribution in [2.45, 2.75) is 19.9 Å². The van der Waals surface area contributed by atoms with Crippen molar-refractivity contribution in [3.8, 4) is 11.5 Å². The van der Waals surface area contributed by atoms with Crippen LogP contribution in [0, 0.1) is 13.8 Å². The molecule has 0 aliphatic carbocycles. The van der Waals surface area contributed by atoms with Gasteiger partial charge in [0, 0.05) is 5.69 Å². The lowest BCUT2D eigenvalue weighted by Gasteiger charge is -2.27. The van der Waals surface area contributed by atoms with Gasteiger partial charge in [-0.15, -0.1) is 0 Å². The maximum Gasteiger partial charge on any atom is 0.300 e. The molecular formula is C27H25NO5. The minimum atomic E-state index is -0.801. The number of carbonyl (C=O) groups is 2. The Kier molecular flexibility index (Phi) is 5.92. The third-order valence-corrected chi connectivity index (χ3v) is 5.89. The molecule has 168 valence electrons. The third kappa shape index (κ3) is 3.84. The van der Waals surface area contributed by atoms with Crippen LogP contribution in [0.4, 0.5) is 5.69 Å². The lowest BCUT2D eigenvalue weighted by Crippen LogP contribution is -2.29. The summed E-state index contributed by atoms with van der Waals surface area (Å²) in [6, 6.07) is 18.9. The second-order valence-electron chi connectivity index (χ2n) is 7.93. The van der Waals surface area contributed by atoms with Gasteiger partial charge in [0.05, 0.1) is 31.4 Å². The van der Waals surface area contributed by atoms with Gasteiger partial charge in [0.15, 0.2) is 0 Å². The summed E-state index contributed by atoms with van der Waals surface area (Å²) in [7, 11) is 3.06. The molecule has 0 bridgehead atoms. The number of Topliss-reactive ketones (excluding diaryl/α,β-unsaturated/α-hetero) is 1. The van der Waals surface area contributed by atoms with Gasteiger partial charge in [0.1, 0.15) is 17.3 Å². The van der Waals surface area contributed by atoms with E-state index in [-0.39, 0.29) is 11.3 Å². The lowest BCUT2D eigenvalue weighted by atomic mass is 9.92. The number of nitrogens with zero attached hydrogens (tertiary/aromatic N) is 1. The van der Waals surface area contributed by atoms with Crippen LogP contribution in [0.5, 0.6) is 11.5 Å². The number of hydrogen-bond acceptors (Lipinski definition) is 5. The summed E-state index contributed by atoms with van der Waals surface area (Å²) in [6.07, 6.45) is 0. The van der Waals surface area contributed by atoms with Gasteiger partial charge in [0.2, 0.25) is 0 Å². The van der Waals surface area contributed by atoms with Gasteiger partial charge < -0.3 is 14.6 Å². The molecule has 6 nitrogen and oxygen atoms in total. The van der Waals surface area contributed by atoms with E-state index in [1.165, 1.54) is 12.0 Å². The third-order valence-electron chi connectivity index (χ3n) is 5.89. The molecule has 3 aromatic rings. The number of rotatable bonds is 5. The number of carbonyl (C=O) groups excluding carboxylic acids is 2. The van der Waals surface area contributed by atoms with E-state index in [4.69, 9.17) is 9.47 Å². The Bertz CT molecular complexity index is 1260. The van der Waals surface area contributed by atoms with Crippen LogP contribution in [-0.4, -0.2) is 31.0 Å². The van der Waals surface area contributed by atoms with Crippen LogP contribution in [0.15, 0.2) is 72.3 Å². The van der Waals surface area contributed by atoms with Crippen LogP contribution in [0.1, 0.15) is 28.3 Å². The van der Waals surface area contributed by atoms with E-state index in [0.717, 1.165) is 16.7 Å². The minimum absolute atomic E-state index is 0.0222. The normalized spacial score (nSPS) is 17.3. The summed E-state index contributed by atoms with van der Waals surface area (Å²) in [5.74, 6) is -0.676. The number of ketones is 1. The molecule has 1 atom stereocenters. The molecule has 1 fully saturated rings. The fraction of sp³-hybridized carbons (Fsp3) is 0.185. The van der Waals surface area contributed by atoms with E-state index >= 15 is 0 Å². The Hall–Kier alpha value is -4.06. The van der Waals surface area contributed by atoms with Gasteiger partial charge in [-0.2, -0.15) is 0 Å². The van der Waals surface area contributed by atoms with Crippen molar-refractivity contribution in [3.05, 3.63) is 94.6 Å². The van der Waals surface area contributed by atoms with Gasteiger partial charge in [-0.3, -0.25) is 14.5 Å². The molecule has 0 spiro atoms. The van der Waals surface area contributed by atoms with Gasteiger partial charge in [0.25, 0.3) is 11.7 Å². The number of benzene rings is 3. The van der Waals surface area contributed by atoms with Gasteiger partial charge in [-0.05, 0) is 61.4 Å². The Labute approximate surface area is 192 Å². The average molecular weight is 443 g/mol. The molecule has 33 heavy (non-hydrogen) atoms. The van der Waals surface area contributed by atoms with Crippen LogP contribution in [-0.2, 0) is 9.59 Å². The first-order chi connectivity index (χ1) is 15.9. The SMILES string of the molecule is COc1ccc(N2C(=O)C(=O)/C(=C(/O)c3cc(C)ccc3OC)C2c2ccccc2C)cc1. The van der Waals surface area contributed by atoms with E-state index in [0.29, 0.717) is 22.7 Å². The molecule has 1 amide bonds. The van der Waals surface area contributed by atoms with Crippen molar-refractivity contribution >= 4 is 23.1 Å². The quantitative estimate of drug-likeness (QED) is 0.343. The smallest absolute Gasteiger partial charge is 0.300 e. The predicted octanol–water partition coefficient (Wildman–Crippen LogP) is 4.95. The highest BCUT2D eigenvalue weighted by Gasteiger charge is 2.47. The summed E-state index contributed by atoms with van der Waals surface area (Å²) < 4.78 is 10.7. The predicted molar refractivity (Wildman–Crippen MR) is 127 cm³/mol. The number of methoxy groups -OCH3 is 2. The molecule has 1 N–H and O–H groups in total. The monoisotopic (exact) mass is 443 g/mol. The highest BCUT2D eigenvalue weighted by atomic mass is 16.5. The van der Waals surface area contributed by atoms with Gasteiger partial charge in [-0.25, -0.2) is 0 Å². The van der Waals surface area contributed by atoms with Crippen molar-refractivity contribution in [3.63, 3.8) is 0 Å². The Balaban J connectivity index is 1.99. The first kappa shape index (κ1) is 22.1. The summed E-state index contributed by atoms with van der Waals surface area (Å²) in [4.78, 5) is 28.1. The van der Waals surface area contributed by atoms with Crippen LogP contribution >= 0.6 is 0 Å². The molecule has 3 aromatic carbocycles. The number of aryl methyl sites for hydroxylation is 2. The second-order valence-corrected chi connectivity index (χ2v) is 7.93. The molecule has 1 unspecified atom stereocenters. The van der Waals surface area contributed by atoms with E-state index in [2.05, 4.69) is 0 Å². The first-order valence-corrected chi connectivity index (χ1v) is 10.5. The number of ether oxygens (including phenoxy) is 2. The zero-order valence-corrected chi connectivity index (χ0v) is 19.0. The molecule has 6 heteroatoms. The number of anilines is 1. The van der Waals surface area contributed by atoms with Crippen LogP contribution in [0.3, 0.4) is 0 Å². The van der Waals surface area contributed by atoms with Gasteiger partial charge >= 0.3 is 0 Å². The molecule has 1 saturated heterocycles. The molecule has 4 rings (SSSR count). The molecule has 0 radical (unpaired) electrons. The summed E-state index contributed by atoms with van der Waals surface area (Å²) in [6.45, 7) is 3.79. The minimum Gasteiger partial charge on any atom is -0.507 e. The Morgan fingerprint density at radius 2 is 1.61 bits per heavy atom. The van der Waals surface area contributed by atoms with Gasteiger partial charge in [-0.1, -0.05) is 35.9 Å².